The van der Waals surface area contributed by atoms with E-state index in [4.69, 9.17) is 5.73 Å². The fourth-order valence-corrected chi connectivity index (χ4v) is 1.87. The van der Waals surface area contributed by atoms with Crippen LogP contribution < -0.4 is 5.73 Å². The van der Waals surface area contributed by atoms with Gasteiger partial charge in [-0.3, -0.25) is 14.8 Å². The monoisotopic (exact) mass is 250 g/mol. The molecule has 0 aliphatic carbocycles. The molecule has 0 aromatic carbocycles. The molecule has 8 heteroatoms. The van der Waals surface area contributed by atoms with E-state index in [1.165, 1.54) is 4.68 Å². The topological polar surface area (TPSA) is 105 Å². The average molecular weight is 250 g/mol. The van der Waals surface area contributed by atoms with Gasteiger partial charge in [0.25, 0.3) is 0 Å². The first-order valence-electron chi connectivity index (χ1n) is 5.39. The molecule has 0 aliphatic heterocycles. The van der Waals surface area contributed by atoms with Gasteiger partial charge in [0.2, 0.25) is 5.82 Å². The van der Waals surface area contributed by atoms with Crippen LogP contribution in [0.25, 0.3) is 0 Å². The van der Waals surface area contributed by atoms with E-state index in [9.17, 15) is 10.1 Å². The van der Waals surface area contributed by atoms with Gasteiger partial charge >= 0.3 is 5.69 Å². The van der Waals surface area contributed by atoms with Crippen molar-refractivity contribution in [3.05, 3.63) is 33.8 Å². The van der Waals surface area contributed by atoms with Crippen LogP contribution in [0, 0.1) is 17.0 Å². The van der Waals surface area contributed by atoms with Crippen LogP contribution in [0.1, 0.15) is 24.2 Å². The summed E-state index contributed by atoms with van der Waals surface area (Å²) in [7, 11) is 1.80. The lowest BCUT2D eigenvalue weighted by atomic mass is 10.2. The molecular weight excluding hydrogens is 236 g/mol. The van der Waals surface area contributed by atoms with Crippen molar-refractivity contribution in [2.75, 3.05) is 5.73 Å². The van der Waals surface area contributed by atoms with Gasteiger partial charge < -0.3 is 5.73 Å². The highest BCUT2D eigenvalue weighted by molar-refractivity contribution is 5.56. The van der Waals surface area contributed by atoms with E-state index in [2.05, 4.69) is 10.2 Å². The Bertz CT molecular complexity index is 600. The second-order valence-corrected chi connectivity index (χ2v) is 4.14. The van der Waals surface area contributed by atoms with Gasteiger partial charge in [0.1, 0.15) is 5.69 Å². The molecule has 0 saturated carbocycles. The lowest BCUT2D eigenvalue weighted by molar-refractivity contribution is -0.384. The summed E-state index contributed by atoms with van der Waals surface area (Å²) in [5.41, 5.74) is 6.85. The largest absolute Gasteiger partial charge is 0.378 e. The standard InChI is InChI=1S/C10H14N6O2/c1-6-9(16(17)18)10(11)15(13-6)7(2)8-4-12-14(3)5-8/h4-5,7H,11H2,1-3H3. The molecule has 1 atom stereocenters. The van der Waals surface area contributed by atoms with Crippen molar-refractivity contribution in [3.63, 3.8) is 0 Å². The van der Waals surface area contributed by atoms with E-state index < -0.39 is 4.92 Å². The molecule has 96 valence electrons. The Hall–Kier alpha value is -2.38. The Kier molecular flexibility index (Phi) is 2.77. The van der Waals surface area contributed by atoms with Crippen LogP contribution >= 0.6 is 0 Å². The third-order valence-corrected chi connectivity index (χ3v) is 2.85. The van der Waals surface area contributed by atoms with E-state index >= 15 is 0 Å². The summed E-state index contributed by atoms with van der Waals surface area (Å²) in [6, 6.07) is -0.203. The van der Waals surface area contributed by atoms with E-state index in [0.717, 1.165) is 5.56 Å². The highest BCUT2D eigenvalue weighted by Gasteiger charge is 2.26. The van der Waals surface area contributed by atoms with Gasteiger partial charge in [-0.05, 0) is 13.8 Å². The molecule has 0 aliphatic rings. The first kappa shape index (κ1) is 12.1. The SMILES string of the molecule is Cc1nn(C(C)c2cnn(C)c2)c(N)c1[N+](=O)[O-]. The fourth-order valence-electron chi connectivity index (χ4n) is 1.87. The van der Waals surface area contributed by atoms with Crippen LogP contribution in [0.2, 0.25) is 0 Å². The highest BCUT2D eigenvalue weighted by atomic mass is 16.6. The molecule has 0 saturated heterocycles. The molecule has 0 bridgehead atoms. The Morgan fingerprint density at radius 3 is 2.67 bits per heavy atom. The summed E-state index contributed by atoms with van der Waals surface area (Å²) in [5, 5.41) is 19.1. The summed E-state index contributed by atoms with van der Waals surface area (Å²) in [6.45, 7) is 3.44. The number of rotatable bonds is 3. The van der Waals surface area contributed by atoms with Crippen molar-refractivity contribution < 1.29 is 4.92 Å². The fraction of sp³-hybridized carbons (Fsp3) is 0.400. The minimum Gasteiger partial charge on any atom is -0.378 e. The minimum absolute atomic E-state index is 0.0638. The van der Waals surface area contributed by atoms with Crippen LogP contribution in [-0.2, 0) is 7.05 Å². The Labute approximate surface area is 103 Å². The number of hydrogen-bond donors (Lipinski definition) is 1. The molecule has 18 heavy (non-hydrogen) atoms. The molecule has 2 aromatic rings. The molecule has 0 spiro atoms. The molecule has 2 aromatic heterocycles. The van der Waals surface area contributed by atoms with Gasteiger partial charge in [0.05, 0.1) is 17.2 Å². The summed E-state index contributed by atoms with van der Waals surface area (Å²) < 4.78 is 3.11. The van der Waals surface area contributed by atoms with Crippen molar-refractivity contribution in [2.45, 2.75) is 19.9 Å². The third-order valence-electron chi connectivity index (χ3n) is 2.85. The zero-order valence-electron chi connectivity index (χ0n) is 10.4. The van der Waals surface area contributed by atoms with Gasteiger partial charge in [0, 0.05) is 18.8 Å². The summed E-state index contributed by atoms with van der Waals surface area (Å²) in [6.07, 6.45) is 3.51. The number of aromatic nitrogens is 4. The smallest absolute Gasteiger partial charge is 0.333 e. The second-order valence-electron chi connectivity index (χ2n) is 4.14. The number of nitro groups is 1. The maximum Gasteiger partial charge on any atom is 0.333 e. The lowest BCUT2D eigenvalue weighted by Gasteiger charge is -2.10. The molecule has 8 nitrogen and oxygen atoms in total. The number of aryl methyl sites for hydroxylation is 2. The molecule has 2 N–H and O–H groups in total. The number of nitrogens with zero attached hydrogens (tertiary/aromatic N) is 5. The quantitative estimate of drug-likeness (QED) is 0.646. The van der Waals surface area contributed by atoms with E-state index in [1.807, 2.05) is 13.1 Å². The van der Waals surface area contributed by atoms with Crippen LogP contribution in [0.3, 0.4) is 0 Å². The molecule has 2 heterocycles. The van der Waals surface area contributed by atoms with Crippen molar-refractivity contribution in [2.24, 2.45) is 7.05 Å². The van der Waals surface area contributed by atoms with E-state index in [-0.39, 0.29) is 17.5 Å². The average Bonchev–Trinajstić information content (AvgIpc) is 2.82. The molecule has 0 fully saturated rings. The van der Waals surface area contributed by atoms with Crippen molar-refractivity contribution >= 4 is 11.5 Å². The first-order valence-corrected chi connectivity index (χ1v) is 5.39. The highest BCUT2D eigenvalue weighted by Crippen LogP contribution is 2.29. The lowest BCUT2D eigenvalue weighted by Crippen LogP contribution is -2.11. The Morgan fingerprint density at radius 2 is 2.22 bits per heavy atom. The van der Waals surface area contributed by atoms with E-state index in [1.54, 1.807) is 24.9 Å². The number of hydrogen-bond acceptors (Lipinski definition) is 5. The summed E-state index contributed by atoms with van der Waals surface area (Å²) in [5.74, 6) is 0.0638. The molecule has 2 rings (SSSR count). The van der Waals surface area contributed by atoms with Crippen LogP contribution in [0.4, 0.5) is 11.5 Å². The van der Waals surface area contributed by atoms with E-state index in [0.29, 0.717) is 5.69 Å². The maximum atomic E-state index is 10.9. The van der Waals surface area contributed by atoms with Gasteiger partial charge in [-0.25, -0.2) is 4.68 Å². The zero-order chi connectivity index (χ0) is 13.4. The first-order chi connectivity index (χ1) is 8.41. The van der Waals surface area contributed by atoms with Gasteiger partial charge in [-0.15, -0.1) is 0 Å². The normalized spacial score (nSPS) is 12.6. The predicted molar refractivity (Wildman–Crippen MR) is 65.1 cm³/mol. The molecule has 0 amide bonds. The number of nitrogen functional groups attached to an aromatic ring is 1. The Morgan fingerprint density at radius 1 is 1.56 bits per heavy atom. The third kappa shape index (κ3) is 1.81. The van der Waals surface area contributed by atoms with Gasteiger partial charge in [0.15, 0.2) is 0 Å². The molecule has 0 radical (unpaired) electrons. The Balaban J connectivity index is 2.46. The maximum absolute atomic E-state index is 10.9. The zero-order valence-corrected chi connectivity index (χ0v) is 10.4. The molecule has 1 unspecified atom stereocenters. The minimum atomic E-state index is -0.510. The van der Waals surface area contributed by atoms with Gasteiger partial charge in [-0.2, -0.15) is 10.2 Å². The van der Waals surface area contributed by atoms with Crippen LogP contribution in [0.5, 0.6) is 0 Å². The van der Waals surface area contributed by atoms with Crippen molar-refractivity contribution in [3.8, 4) is 0 Å². The number of anilines is 1. The summed E-state index contributed by atoms with van der Waals surface area (Å²) in [4.78, 5) is 10.4. The second kappa shape index (κ2) is 4.13. The number of nitrogens with two attached hydrogens (primary N) is 1. The van der Waals surface area contributed by atoms with Crippen LogP contribution in [-0.4, -0.2) is 24.5 Å². The van der Waals surface area contributed by atoms with Crippen molar-refractivity contribution in [1.82, 2.24) is 19.6 Å². The van der Waals surface area contributed by atoms with Gasteiger partial charge in [-0.1, -0.05) is 0 Å². The van der Waals surface area contributed by atoms with Crippen molar-refractivity contribution in [1.29, 1.82) is 0 Å². The predicted octanol–water partition coefficient (Wildman–Crippen LogP) is 1.02. The molecular formula is C10H14N6O2. The summed E-state index contributed by atoms with van der Waals surface area (Å²) >= 11 is 0. The van der Waals surface area contributed by atoms with Crippen LogP contribution in [0.15, 0.2) is 12.4 Å².